The molecular formula is C16H21NOS. The second kappa shape index (κ2) is 6.83. The van der Waals surface area contributed by atoms with E-state index >= 15 is 0 Å². The molecule has 0 saturated carbocycles. The van der Waals surface area contributed by atoms with E-state index in [1.807, 2.05) is 0 Å². The number of hydrogen-bond donors (Lipinski definition) is 0. The van der Waals surface area contributed by atoms with Crippen molar-refractivity contribution in [1.29, 1.82) is 0 Å². The predicted octanol–water partition coefficient (Wildman–Crippen LogP) is 4.51. The molecule has 2 rings (SSSR count). The number of hydrogen-bond acceptors (Lipinski definition) is 3. The molecule has 0 aliphatic rings. The van der Waals surface area contributed by atoms with Crippen LogP contribution in [0.5, 0.6) is 0 Å². The van der Waals surface area contributed by atoms with Crippen molar-refractivity contribution >= 4 is 11.3 Å². The van der Waals surface area contributed by atoms with E-state index < -0.39 is 0 Å². The number of ether oxygens (including phenoxy) is 1. The molecule has 0 amide bonds. The van der Waals surface area contributed by atoms with E-state index in [-0.39, 0.29) is 0 Å². The average Bonchev–Trinajstić information content (AvgIpc) is 2.88. The lowest BCUT2D eigenvalue weighted by Gasteiger charge is -2.05. The van der Waals surface area contributed by atoms with E-state index in [0.717, 1.165) is 25.1 Å². The molecule has 0 aliphatic carbocycles. The highest BCUT2D eigenvalue weighted by molar-refractivity contribution is 7.09. The lowest BCUT2D eigenvalue weighted by atomic mass is 10.0. The zero-order chi connectivity index (χ0) is 13.7. The number of benzene rings is 1. The first-order valence-electron chi connectivity index (χ1n) is 6.74. The van der Waals surface area contributed by atoms with E-state index in [4.69, 9.17) is 4.74 Å². The normalized spacial score (nSPS) is 11.2. The van der Waals surface area contributed by atoms with E-state index in [1.165, 1.54) is 16.1 Å². The van der Waals surface area contributed by atoms with Gasteiger partial charge in [0.15, 0.2) is 0 Å². The maximum absolute atomic E-state index is 5.07. The molecule has 0 atom stereocenters. The zero-order valence-electron chi connectivity index (χ0n) is 11.8. The van der Waals surface area contributed by atoms with Gasteiger partial charge < -0.3 is 4.74 Å². The fourth-order valence-electron chi connectivity index (χ4n) is 1.96. The van der Waals surface area contributed by atoms with Crippen molar-refractivity contribution in [3.63, 3.8) is 0 Å². The van der Waals surface area contributed by atoms with Gasteiger partial charge in [0, 0.05) is 31.1 Å². The fourth-order valence-corrected chi connectivity index (χ4v) is 2.81. The highest BCUT2D eigenvalue weighted by atomic mass is 32.1. The van der Waals surface area contributed by atoms with Crippen LogP contribution in [0.25, 0.3) is 11.3 Å². The Bertz CT molecular complexity index is 502. The molecule has 2 aromatic rings. The Morgan fingerprint density at radius 3 is 2.58 bits per heavy atom. The SMILES string of the molecule is COCCCc1nc(-c2ccc(C(C)C)cc2)cs1. The average molecular weight is 275 g/mol. The molecule has 1 aromatic carbocycles. The van der Waals surface area contributed by atoms with Gasteiger partial charge in [0.05, 0.1) is 10.7 Å². The molecule has 0 fully saturated rings. The minimum atomic E-state index is 0.578. The van der Waals surface area contributed by atoms with Crippen LogP contribution in [-0.2, 0) is 11.2 Å². The third-order valence-corrected chi connectivity index (χ3v) is 4.07. The second-order valence-electron chi connectivity index (χ2n) is 5.00. The molecule has 0 N–H and O–H groups in total. The van der Waals surface area contributed by atoms with Crippen LogP contribution in [0.15, 0.2) is 29.6 Å². The summed E-state index contributed by atoms with van der Waals surface area (Å²) in [5.41, 5.74) is 3.67. The van der Waals surface area contributed by atoms with E-state index in [0.29, 0.717) is 5.92 Å². The van der Waals surface area contributed by atoms with E-state index in [1.54, 1.807) is 18.4 Å². The number of aryl methyl sites for hydroxylation is 1. The molecule has 0 saturated heterocycles. The quantitative estimate of drug-likeness (QED) is 0.723. The van der Waals surface area contributed by atoms with Gasteiger partial charge in [0.25, 0.3) is 0 Å². The number of nitrogens with zero attached hydrogens (tertiary/aromatic N) is 1. The van der Waals surface area contributed by atoms with Gasteiger partial charge in [0.1, 0.15) is 0 Å². The third kappa shape index (κ3) is 3.88. The highest BCUT2D eigenvalue weighted by Gasteiger charge is 2.05. The maximum atomic E-state index is 5.07. The van der Waals surface area contributed by atoms with Gasteiger partial charge in [-0.15, -0.1) is 11.3 Å². The van der Waals surface area contributed by atoms with Gasteiger partial charge >= 0.3 is 0 Å². The largest absolute Gasteiger partial charge is 0.385 e. The summed E-state index contributed by atoms with van der Waals surface area (Å²) in [6, 6.07) is 8.74. The molecule has 3 heteroatoms. The van der Waals surface area contributed by atoms with E-state index in [2.05, 4.69) is 48.5 Å². The molecule has 1 heterocycles. The fraction of sp³-hybridized carbons (Fsp3) is 0.438. The van der Waals surface area contributed by atoms with Crippen LogP contribution in [0.2, 0.25) is 0 Å². The van der Waals surface area contributed by atoms with Crippen LogP contribution in [0.4, 0.5) is 0 Å². The standard InChI is InChI=1S/C16H21NOS/c1-12(2)13-6-8-14(9-7-13)15-11-19-16(17-15)5-4-10-18-3/h6-9,11-12H,4-5,10H2,1-3H3. The molecule has 0 spiro atoms. The van der Waals surface area contributed by atoms with Crippen LogP contribution in [0.1, 0.15) is 36.8 Å². The summed E-state index contributed by atoms with van der Waals surface area (Å²) in [6.07, 6.45) is 2.04. The second-order valence-corrected chi connectivity index (χ2v) is 5.94. The number of rotatable bonds is 6. The lowest BCUT2D eigenvalue weighted by Crippen LogP contribution is -1.92. The lowest BCUT2D eigenvalue weighted by molar-refractivity contribution is 0.195. The van der Waals surface area contributed by atoms with Crippen molar-refractivity contribution in [2.24, 2.45) is 0 Å². The summed E-state index contributed by atoms with van der Waals surface area (Å²) >= 11 is 1.74. The molecule has 0 aliphatic heterocycles. The Hall–Kier alpha value is -1.19. The summed E-state index contributed by atoms with van der Waals surface area (Å²) < 4.78 is 5.07. The molecule has 19 heavy (non-hydrogen) atoms. The van der Waals surface area contributed by atoms with Crippen molar-refractivity contribution in [3.8, 4) is 11.3 Å². The Balaban J connectivity index is 2.05. The third-order valence-electron chi connectivity index (χ3n) is 3.16. The summed E-state index contributed by atoms with van der Waals surface area (Å²) in [6.45, 7) is 5.23. The maximum Gasteiger partial charge on any atom is 0.0933 e. The summed E-state index contributed by atoms with van der Waals surface area (Å²) in [7, 11) is 1.74. The minimum absolute atomic E-state index is 0.578. The summed E-state index contributed by atoms with van der Waals surface area (Å²) in [5, 5.41) is 3.34. The smallest absolute Gasteiger partial charge is 0.0933 e. The molecule has 0 radical (unpaired) electrons. The van der Waals surface area contributed by atoms with Gasteiger partial charge in [-0.05, 0) is 17.9 Å². The monoisotopic (exact) mass is 275 g/mol. The first-order chi connectivity index (χ1) is 9.20. The Morgan fingerprint density at radius 1 is 1.21 bits per heavy atom. The van der Waals surface area contributed by atoms with Crippen molar-refractivity contribution in [1.82, 2.24) is 4.98 Å². The van der Waals surface area contributed by atoms with Gasteiger partial charge in [-0.2, -0.15) is 0 Å². The van der Waals surface area contributed by atoms with Crippen LogP contribution in [0, 0.1) is 0 Å². The Labute approximate surface area is 119 Å². The minimum Gasteiger partial charge on any atom is -0.385 e. The van der Waals surface area contributed by atoms with Crippen molar-refractivity contribution < 1.29 is 4.74 Å². The highest BCUT2D eigenvalue weighted by Crippen LogP contribution is 2.24. The number of thiazole rings is 1. The van der Waals surface area contributed by atoms with Gasteiger partial charge in [-0.25, -0.2) is 4.98 Å². The van der Waals surface area contributed by atoms with Gasteiger partial charge in [-0.3, -0.25) is 0 Å². The Kier molecular flexibility index (Phi) is 5.11. The van der Waals surface area contributed by atoms with Crippen molar-refractivity contribution in [3.05, 3.63) is 40.2 Å². The molecule has 1 aromatic heterocycles. The first-order valence-corrected chi connectivity index (χ1v) is 7.62. The molecule has 0 unspecified atom stereocenters. The summed E-state index contributed by atoms with van der Waals surface area (Å²) in [4.78, 5) is 4.69. The van der Waals surface area contributed by atoms with Gasteiger partial charge in [-0.1, -0.05) is 38.1 Å². The molecule has 0 bridgehead atoms. The van der Waals surface area contributed by atoms with Gasteiger partial charge in [0.2, 0.25) is 0 Å². The first kappa shape index (κ1) is 14.2. The van der Waals surface area contributed by atoms with Crippen LogP contribution in [-0.4, -0.2) is 18.7 Å². The number of methoxy groups -OCH3 is 1. The van der Waals surface area contributed by atoms with Crippen LogP contribution in [0.3, 0.4) is 0 Å². The van der Waals surface area contributed by atoms with Crippen LogP contribution < -0.4 is 0 Å². The number of aromatic nitrogens is 1. The van der Waals surface area contributed by atoms with Crippen LogP contribution >= 0.6 is 11.3 Å². The van der Waals surface area contributed by atoms with Crippen molar-refractivity contribution in [2.75, 3.05) is 13.7 Å². The van der Waals surface area contributed by atoms with Crippen molar-refractivity contribution in [2.45, 2.75) is 32.6 Å². The predicted molar refractivity (Wildman–Crippen MR) is 81.8 cm³/mol. The zero-order valence-corrected chi connectivity index (χ0v) is 12.7. The summed E-state index contributed by atoms with van der Waals surface area (Å²) in [5.74, 6) is 0.578. The Morgan fingerprint density at radius 2 is 1.95 bits per heavy atom. The topological polar surface area (TPSA) is 22.1 Å². The van der Waals surface area contributed by atoms with E-state index in [9.17, 15) is 0 Å². The molecule has 102 valence electrons. The molecular weight excluding hydrogens is 254 g/mol. The molecule has 2 nitrogen and oxygen atoms in total.